The molecule has 26 heavy (non-hydrogen) atoms. The molecule has 3 atom stereocenters. The fourth-order valence-corrected chi connectivity index (χ4v) is 4.14. The number of nitrogens with one attached hydrogen (secondary N) is 2. The number of hydrogen-bond acceptors (Lipinski definition) is 5. The van der Waals surface area contributed by atoms with Crippen molar-refractivity contribution < 1.29 is 9.13 Å². The van der Waals surface area contributed by atoms with E-state index >= 15 is 0 Å². The van der Waals surface area contributed by atoms with E-state index in [1.54, 1.807) is 7.05 Å². The van der Waals surface area contributed by atoms with Gasteiger partial charge in [-0.3, -0.25) is 4.90 Å². The largest absolute Gasteiger partial charge is 0.379 e. The van der Waals surface area contributed by atoms with Crippen molar-refractivity contribution in [1.29, 1.82) is 0 Å². The van der Waals surface area contributed by atoms with Crippen molar-refractivity contribution in [3.05, 3.63) is 0 Å². The van der Waals surface area contributed by atoms with Gasteiger partial charge in [0.1, 0.15) is 6.17 Å². The van der Waals surface area contributed by atoms with Crippen LogP contribution in [0.1, 0.15) is 58.8 Å². The van der Waals surface area contributed by atoms with Crippen molar-refractivity contribution in [2.45, 2.75) is 89.1 Å². The summed E-state index contributed by atoms with van der Waals surface area (Å²) < 4.78 is 18.3. The van der Waals surface area contributed by atoms with Crippen molar-refractivity contribution >= 4 is 0 Å². The molecule has 0 aromatic carbocycles. The van der Waals surface area contributed by atoms with Gasteiger partial charge in [-0.05, 0) is 59.0 Å². The van der Waals surface area contributed by atoms with Crippen LogP contribution in [0.5, 0.6) is 0 Å². The number of nitrogens with zero attached hydrogens (tertiary/aromatic N) is 1. The lowest BCUT2D eigenvalue weighted by molar-refractivity contribution is 0.00676. The Morgan fingerprint density at radius 1 is 0.923 bits per heavy atom. The Hall–Kier alpha value is -0.270. The lowest BCUT2D eigenvalue weighted by Crippen LogP contribution is -2.46. The van der Waals surface area contributed by atoms with E-state index in [4.69, 9.17) is 10.5 Å². The molecule has 1 heterocycles. The van der Waals surface area contributed by atoms with E-state index < -0.39 is 6.17 Å². The lowest BCUT2D eigenvalue weighted by atomic mass is 9.90. The van der Waals surface area contributed by atoms with E-state index in [-0.39, 0.29) is 12.1 Å². The van der Waals surface area contributed by atoms with Gasteiger partial charge in [0, 0.05) is 37.3 Å². The Morgan fingerprint density at radius 3 is 2.04 bits per heavy atom. The van der Waals surface area contributed by atoms with Gasteiger partial charge in [-0.15, -0.1) is 0 Å². The van der Waals surface area contributed by atoms with Gasteiger partial charge in [-0.1, -0.05) is 13.8 Å². The minimum Gasteiger partial charge on any atom is -0.379 e. The molecule has 3 unspecified atom stereocenters. The zero-order valence-electron chi connectivity index (χ0n) is 17.5. The molecule has 1 aliphatic heterocycles. The zero-order chi connectivity index (χ0) is 19.4. The normalized spacial score (nSPS) is 35.5. The van der Waals surface area contributed by atoms with Crippen LogP contribution in [-0.4, -0.2) is 75.6 Å². The van der Waals surface area contributed by atoms with Crippen LogP contribution in [-0.2, 0) is 4.74 Å². The summed E-state index contributed by atoms with van der Waals surface area (Å²) in [6.45, 7) is 8.17. The first-order valence-corrected chi connectivity index (χ1v) is 10.7. The van der Waals surface area contributed by atoms with E-state index in [2.05, 4.69) is 22.6 Å². The molecule has 2 aliphatic carbocycles. The van der Waals surface area contributed by atoms with E-state index in [1.807, 2.05) is 13.8 Å². The Kier molecular flexibility index (Phi) is 12.6. The standard InChI is InChI=1S/C11H22N2O.C7H15FN2.C2H6/c1-12-10-2-4-11(5-3-10)13-6-8-14-9-7-13;1-10-7-3-2-5(9)4-6(7)8;1-2/h10-12H,2-9H2,1H3;5-7,10H,2-4,9H2,1H3;1-2H3. The maximum atomic E-state index is 13.0. The third kappa shape index (κ3) is 8.17. The predicted molar refractivity (Wildman–Crippen MR) is 108 cm³/mol. The molecular formula is C20H43FN4O. The molecule has 4 N–H and O–H groups in total. The van der Waals surface area contributed by atoms with Crippen molar-refractivity contribution in [2.24, 2.45) is 5.73 Å². The van der Waals surface area contributed by atoms with Gasteiger partial charge < -0.3 is 21.1 Å². The van der Waals surface area contributed by atoms with E-state index in [1.165, 1.54) is 25.7 Å². The Bertz CT molecular complexity index is 334. The van der Waals surface area contributed by atoms with Crippen LogP contribution in [0.15, 0.2) is 0 Å². The first kappa shape index (κ1) is 23.8. The van der Waals surface area contributed by atoms with Crippen LogP contribution in [0.4, 0.5) is 4.39 Å². The van der Waals surface area contributed by atoms with Crippen LogP contribution < -0.4 is 16.4 Å². The molecule has 3 aliphatic rings. The average molecular weight is 375 g/mol. The second-order valence-electron chi connectivity index (χ2n) is 7.43. The van der Waals surface area contributed by atoms with Crippen molar-refractivity contribution in [3.63, 3.8) is 0 Å². The number of nitrogens with two attached hydrogens (primary N) is 1. The summed E-state index contributed by atoms with van der Waals surface area (Å²) in [7, 11) is 3.88. The molecule has 0 bridgehead atoms. The topological polar surface area (TPSA) is 62.5 Å². The molecule has 0 radical (unpaired) electrons. The Labute approximate surface area is 160 Å². The highest BCUT2D eigenvalue weighted by Gasteiger charge is 2.27. The number of morpholine rings is 1. The number of ether oxygens (including phenoxy) is 1. The number of alkyl halides is 1. The number of rotatable bonds is 3. The van der Waals surface area contributed by atoms with Crippen molar-refractivity contribution in [2.75, 3.05) is 40.4 Å². The highest BCUT2D eigenvalue weighted by Crippen LogP contribution is 2.23. The summed E-state index contributed by atoms with van der Waals surface area (Å²) in [5.41, 5.74) is 5.57. The summed E-state index contributed by atoms with van der Waals surface area (Å²) in [5, 5.41) is 6.33. The molecule has 0 amide bonds. The molecule has 6 heteroatoms. The molecule has 156 valence electrons. The van der Waals surface area contributed by atoms with Gasteiger partial charge in [-0.2, -0.15) is 0 Å². The van der Waals surface area contributed by atoms with Gasteiger partial charge in [0.05, 0.1) is 13.2 Å². The fourth-order valence-electron chi connectivity index (χ4n) is 4.14. The minimum atomic E-state index is -0.742. The SMILES string of the molecule is CC.CNC1CCC(N)CC1F.CNC1CCC(N2CCOCC2)CC1. The van der Waals surface area contributed by atoms with Gasteiger partial charge in [0.15, 0.2) is 0 Å². The maximum Gasteiger partial charge on any atom is 0.117 e. The van der Waals surface area contributed by atoms with E-state index in [0.29, 0.717) is 6.42 Å². The average Bonchev–Trinajstić information content (AvgIpc) is 2.71. The number of hydrogen-bond donors (Lipinski definition) is 3. The van der Waals surface area contributed by atoms with Gasteiger partial charge >= 0.3 is 0 Å². The minimum absolute atomic E-state index is 0.0415. The quantitative estimate of drug-likeness (QED) is 0.708. The Morgan fingerprint density at radius 2 is 1.54 bits per heavy atom. The van der Waals surface area contributed by atoms with Crippen molar-refractivity contribution in [3.8, 4) is 0 Å². The highest BCUT2D eigenvalue weighted by molar-refractivity contribution is 4.85. The molecule has 3 rings (SSSR count). The lowest BCUT2D eigenvalue weighted by Gasteiger charge is -2.38. The van der Waals surface area contributed by atoms with E-state index in [9.17, 15) is 4.39 Å². The molecule has 0 spiro atoms. The van der Waals surface area contributed by atoms with Crippen LogP contribution in [0.2, 0.25) is 0 Å². The van der Waals surface area contributed by atoms with Gasteiger partial charge in [0.2, 0.25) is 0 Å². The highest BCUT2D eigenvalue weighted by atomic mass is 19.1. The molecular weight excluding hydrogens is 331 g/mol. The third-order valence-corrected chi connectivity index (χ3v) is 5.85. The first-order chi connectivity index (χ1) is 12.6. The smallest absolute Gasteiger partial charge is 0.117 e. The monoisotopic (exact) mass is 374 g/mol. The van der Waals surface area contributed by atoms with E-state index in [0.717, 1.165) is 51.2 Å². The zero-order valence-corrected chi connectivity index (χ0v) is 17.5. The Balaban J connectivity index is 0.000000249. The molecule has 0 aromatic rings. The van der Waals surface area contributed by atoms with Crippen LogP contribution in [0, 0.1) is 0 Å². The van der Waals surface area contributed by atoms with Crippen molar-refractivity contribution in [1.82, 2.24) is 15.5 Å². The maximum absolute atomic E-state index is 13.0. The van der Waals surface area contributed by atoms with Gasteiger partial charge in [-0.25, -0.2) is 4.39 Å². The molecule has 0 aromatic heterocycles. The first-order valence-electron chi connectivity index (χ1n) is 10.7. The van der Waals surface area contributed by atoms with Gasteiger partial charge in [0.25, 0.3) is 0 Å². The second kappa shape index (κ2) is 13.8. The molecule has 1 saturated heterocycles. The summed E-state index contributed by atoms with van der Waals surface area (Å²) >= 11 is 0. The van der Waals surface area contributed by atoms with Crippen LogP contribution >= 0.6 is 0 Å². The second-order valence-corrected chi connectivity index (χ2v) is 7.43. The summed E-state index contributed by atoms with van der Waals surface area (Å²) in [6, 6.07) is 1.73. The van der Waals surface area contributed by atoms with Crippen LogP contribution in [0.25, 0.3) is 0 Å². The summed E-state index contributed by atoms with van der Waals surface area (Å²) in [4.78, 5) is 2.62. The predicted octanol–water partition coefficient (Wildman–Crippen LogP) is 2.30. The molecule has 3 fully saturated rings. The fraction of sp³-hybridized carbons (Fsp3) is 1.00. The molecule has 2 saturated carbocycles. The summed E-state index contributed by atoms with van der Waals surface area (Å²) in [6.07, 6.45) is 7.03. The molecule has 5 nitrogen and oxygen atoms in total. The number of halogens is 1. The summed E-state index contributed by atoms with van der Waals surface area (Å²) in [5.74, 6) is 0. The van der Waals surface area contributed by atoms with Crippen LogP contribution in [0.3, 0.4) is 0 Å². The third-order valence-electron chi connectivity index (χ3n) is 5.85.